The van der Waals surface area contributed by atoms with E-state index in [1.807, 2.05) is 24.0 Å². The van der Waals surface area contributed by atoms with Gasteiger partial charge in [0.2, 0.25) is 11.8 Å². The standard InChI is InChI=1S/C21H28ClN3O2/c1-15-18(23-20(27-15)16-5-7-17(22)8-6-16)13-19(26)25-11-9-24(10-12-25)14-21(2,3)4/h5-8H,9-14H2,1-4H3. The van der Waals surface area contributed by atoms with Crippen molar-refractivity contribution in [2.45, 2.75) is 34.1 Å². The van der Waals surface area contributed by atoms with Gasteiger partial charge in [-0.3, -0.25) is 9.69 Å². The topological polar surface area (TPSA) is 49.6 Å². The molecule has 1 aliphatic heterocycles. The molecule has 1 aliphatic rings. The van der Waals surface area contributed by atoms with E-state index in [1.165, 1.54) is 0 Å². The molecule has 0 aliphatic carbocycles. The molecule has 0 atom stereocenters. The first-order chi connectivity index (χ1) is 12.7. The van der Waals surface area contributed by atoms with Crippen molar-refractivity contribution in [3.05, 3.63) is 40.7 Å². The number of nitrogens with zero attached hydrogens (tertiary/aromatic N) is 3. The van der Waals surface area contributed by atoms with Crippen molar-refractivity contribution in [2.24, 2.45) is 5.41 Å². The zero-order valence-corrected chi connectivity index (χ0v) is 17.3. The number of rotatable bonds is 4. The van der Waals surface area contributed by atoms with Crippen molar-refractivity contribution in [3.63, 3.8) is 0 Å². The van der Waals surface area contributed by atoms with Crippen molar-refractivity contribution in [2.75, 3.05) is 32.7 Å². The third-order valence-corrected chi connectivity index (χ3v) is 4.98. The lowest BCUT2D eigenvalue weighted by atomic mass is 9.96. The number of carbonyl (C=O) groups excluding carboxylic acids is 1. The average Bonchev–Trinajstić information content (AvgIpc) is 2.95. The minimum absolute atomic E-state index is 0.115. The first-order valence-electron chi connectivity index (χ1n) is 9.44. The quantitative estimate of drug-likeness (QED) is 0.791. The van der Waals surface area contributed by atoms with Crippen LogP contribution in [0, 0.1) is 12.3 Å². The van der Waals surface area contributed by atoms with Crippen molar-refractivity contribution in [1.29, 1.82) is 0 Å². The van der Waals surface area contributed by atoms with Gasteiger partial charge in [-0.05, 0) is 36.6 Å². The molecule has 3 rings (SSSR count). The average molecular weight is 390 g/mol. The number of piperazine rings is 1. The second-order valence-corrected chi connectivity index (χ2v) is 8.86. The zero-order valence-electron chi connectivity index (χ0n) is 16.6. The normalized spacial score (nSPS) is 16.0. The van der Waals surface area contributed by atoms with Crippen molar-refractivity contribution in [1.82, 2.24) is 14.8 Å². The Labute approximate surface area is 166 Å². The van der Waals surface area contributed by atoms with Crippen LogP contribution >= 0.6 is 11.6 Å². The third-order valence-electron chi connectivity index (χ3n) is 4.73. The molecule has 1 fully saturated rings. The summed E-state index contributed by atoms with van der Waals surface area (Å²) in [5.41, 5.74) is 1.85. The summed E-state index contributed by atoms with van der Waals surface area (Å²) in [6.45, 7) is 13.1. The van der Waals surface area contributed by atoms with Crippen LogP contribution in [0.2, 0.25) is 5.02 Å². The van der Waals surface area contributed by atoms with E-state index in [1.54, 1.807) is 12.1 Å². The van der Waals surface area contributed by atoms with E-state index >= 15 is 0 Å². The molecule has 2 heterocycles. The van der Waals surface area contributed by atoms with Gasteiger partial charge in [0.1, 0.15) is 5.76 Å². The Hall–Kier alpha value is -1.85. The fraction of sp³-hybridized carbons (Fsp3) is 0.524. The van der Waals surface area contributed by atoms with Crippen molar-refractivity contribution < 1.29 is 9.21 Å². The first kappa shape index (κ1) is 19.9. The Morgan fingerprint density at radius 3 is 2.37 bits per heavy atom. The van der Waals surface area contributed by atoms with Gasteiger partial charge in [-0.25, -0.2) is 4.98 Å². The number of aryl methyl sites for hydroxylation is 1. The van der Waals surface area contributed by atoms with Crippen LogP contribution in [0.15, 0.2) is 28.7 Å². The maximum atomic E-state index is 12.7. The molecule has 0 spiro atoms. The molecule has 0 saturated carbocycles. The number of halogens is 1. The summed E-state index contributed by atoms with van der Waals surface area (Å²) in [4.78, 5) is 21.6. The third kappa shape index (κ3) is 5.33. The second kappa shape index (κ2) is 8.03. The fourth-order valence-electron chi connectivity index (χ4n) is 3.39. The number of oxazole rings is 1. The van der Waals surface area contributed by atoms with Crippen LogP contribution < -0.4 is 0 Å². The van der Waals surface area contributed by atoms with E-state index in [2.05, 4.69) is 30.7 Å². The number of hydrogen-bond donors (Lipinski definition) is 0. The Morgan fingerprint density at radius 2 is 1.78 bits per heavy atom. The van der Waals surface area contributed by atoms with Gasteiger partial charge < -0.3 is 9.32 Å². The molecule has 1 aromatic carbocycles. The molecule has 1 aromatic heterocycles. The summed E-state index contributed by atoms with van der Waals surface area (Å²) in [5.74, 6) is 1.34. The molecule has 1 amide bonds. The maximum absolute atomic E-state index is 12.7. The molecule has 1 saturated heterocycles. The van der Waals surface area contributed by atoms with Crippen molar-refractivity contribution >= 4 is 17.5 Å². The van der Waals surface area contributed by atoms with E-state index in [-0.39, 0.29) is 17.7 Å². The molecule has 5 nitrogen and oxygen atoms in total. The number of carbonyl (C=O) groups is 1. The van der Waals surface area contributed by atoms with E-state index in [0.717, 1.165) is 38.3 Å². The fourth-order valence-corrected chi connectivity index (χ4v) is 3.52. The van der Waals surface area contributed by atoms with Gasteiger partial charge in [0.25, 0.3) is 0 Å². The monoisotopic (exact) mass is 389 g/mol. The molecule has 0 unspecified atom stereocenters. The van der Waals surface area contributed by atoms with Gasteiger partial charge in [0.05, 0.1) is 12.1 Å². The lowest BCUT2D eigenvalue weighted by Crippen LogP contribution is -2.50. The molecule has 0 N–H and O–H groups in total. The largest absolute Gasteiger partial charge is 0.441 e. The minimum Gasteiger partial charge on any atom is -0.441 e. The summed E-state index contributed by atoms with van der Waals surface area (Å²) in [7, 11) is 0. The number of aromatic nitrogens is 1. The Kier molecular flexibility index (Phi) is 5.92. The smallest absolute Gasteiger partial charge is 0.228 e. The van der Waals surface area contributed by atoms with Crippen LogP contribution in [-0.4, -0.2) is 53.4 Å². The summed E-state index contributed by atoms with van der Waals surface area (Å²) >= 11 is 5.93. The van der Waals surface area contributed by atoms with Gasteiger partial charge in [-0.2, -0.15) is 0 Å². The van der Waals surface area contributed by atoms with E-state index in [0.29, 0.717) is 22.4 Å². The van der Waals surface area contributed by atoms with E-state index < -0.39 is 0 Å². The lowest BCUT2D eigenvalue weighted by molar-refractivity contribution is -0.132. The van der Waals surface area contributed by atoms with Crippen LogP contribution in [0.3, 0.4) is 0 Å². The summed E-state index contributed by atoms with van der Waals surface area (Å²) in [6.07, 6.45) is 0.280. The van der Waals surface area contributed by atoms with Gasteiger partial charge in [0, 0.05) is 43.3 Å². The highest BCUT2D eigenvalue weighted by Crippen LogP contribution is 2.24. The summed E-state index contributed by atoms with van der Waals surface area (Å²) in [5, 5.41) is 0.669. The highest BCUT2D eigenvalue weighted by molar-refractivity contribution is 6.30. The van der Waals surface area contributed by atoms with Gasteiger partial charge in [-0.1, -0.05) is 32.4 Å². The van der Waals surface area contributed by atoms with Crippen LogP contribution in [0.1, 0.15) is 32.2 Å². The molecule has 0 bridgehead atoms. The highest BCUT2D eigenvalue weighted by atomic mass is 35.5. The van der Waals surface area contributed by atoms with Gasteiger partial charge in [0.15, 0.2) is 0 Å². The molecule has 0 radical (unpaired) electrons. The summed E-state index contributed by atoms with van der Waals surface area (Å²) in [6, 6.07) is 7.35. The maximum Gasteiger partial charge on any atom is 0.228 e. The molecule has 2 aromatic rings. The highest BCUT2D eigenvalue weighted by Gasteiger charge is 2.25. The van der Waals surface area contributed by atoms with E-state index in [9.17, 15) is 4.79 Å². The Bertz CT molecular complexity index is 785. The number of hydrogen-bond acceptors (Lipinski definition) is 4. The van der Waals surface area contributed by atoms with Crippen LogP contribution in [0.25, 0.3) is 11.5 Å². The molecular weight excluding hydrogens is 362 g/mol. The van der Waals surface area contributed by atoms with Gasteiger partial charge in [-0.15, -0.1) is 0 Å². The minimum atomic E-state index is 0.115. The first-order valence-corrected chi connectivity index (χ1v) is 9.81. The summed E-state index contributed by atoms with van der Waals surface area (Å²) < 4.78 is 5.77. The van der Waals surface area contributed by atoms with Crippen molar-refractivity contribution in [3.8, 4) is 11.5 Å². The lowest BCUT2D eigenvalue weighted by Gasteiger charge is -2.37. The Balaban J connectivity index is 1.59. The SMILES string of the molecule is Cc1oc(-c2ccc(Cl)cc2)nc1CC(=O)N1CCN(CC(C)(C)C)CC1. The van der Waals surface area contributed by atoms with E-state index in [4.69, 9.17) is 16.0 Å². The van der Waals surface area contributed by atoms with Crippen LogP contribution in [0.4, 0.5) is 0 Å². The zero-order chi connectivity index (χ0) is 19.6. The van der Waals surface area contributed by atoms with Gasteiger partial charge >= 0.3 is 0 Å². The van der Waals surface area contributed by atoms with Crippen LogP contribution in [0.5, 0.6) is 0 Å². The Morgan fingerprint density at radius 1 is 1.15 bits per heavy atom. The molecule has 146 valence electrons. The number of benzene rings is 1. The molecular formula is C21H28ClN3O2. The predicted molar refractivity (Wildman–Crippen MR) is 108 cm³/mol. The predicted octanol–water partition coefficient (Wildman–Crippen LogP) is 4.04. The second-order valence-electron chi connectivity index (χ2n) is 8.42. The van der Waals surface area contributed by atoms with Crippen LogP contribution in [-0.2, 0) is 11.2 Å². The number of amides is 1. The molecule has 6 heteroatoms. The molecule has 27 heavy (non-hydrogen) atoms.